The van der Waals surface area contributed by atoms with Crippen LogP contribution in [0.1, 0.15) is 24.5 Å². The summed E-state index contributed by atoms with van der Waals surface area (Å²) in [6.07, 6.45) is 1.21. The standard InChI is InChI=1S/C12H19NOS/c1-9-7-15-8-12(9)5-13-10(2)11-3-4-14-6-11/h7-8,10-11,13H,3-6H2,1-2H3. The predicted molar refractivity (Wildman–Crippen MR) is 64.3 cm³/mol. The highest BCUT2D eigenvalue weighted by molar-refractivity contribution is 7.08. The Morgan fingerprint density at radius 3 is 3.07 bits per heavy atom. The van der Waals surface area contributed by atoms with E-state index in [0.29, 0.717) is 12.0 Å². The Morgan fingerprint density at radius 1 is 1.60 bits per heavy atom. The molecule has 2 rings (SSSR count). The first-order valence-corrected chi connectivity index (χ1v) is 6.54. The van der Waals surface area contributed by atoms with E-state index >= 15 is 0 Å². The molecule has 0 saturated carbocycles. The number of hydrogen-bond acceptors (Lipinski definition) is 3. The van der Waals surface area contributed by atoms with Gasteiger partial charge in [0.05, 0.1) is 6.61 Å². The SMILES string of the molecule is Cc1cscc1CNC(C)C1CCOC1. The Morgan fingerprint density at radius 2 is 2.47 bits per heavy atom. The summed E-state index contributed by atoms with van der Waals surface area (Å²) in [5.74, 6) is 0.698. The van der Waals surface area contributed by atoms with Gasteiger partial charge in [0.1, 0.15) is 0 Å². The van der Waals surface area contributed by atoms with Crippen molar-refractivity contribution in [1.82, 2.24) is 5.32 Å². The van der Waals surface area contributed by atoms with Crippen LogP contribution in [0.2, 0.25) is 0 Å². The Kier molecular flexibility index (Phi) is 3.78. The second-order valence-corrected chi connectivity index (χ2v) is 5.12. The Bertz CT molecular complexity index is 304. The summed E-state index contributed by atoms with van der Waals surface area (Å²) in [6, 6.07) is 0.562. The zero-order chi connectivity index (χ0) is 10.7. The van der Waals surface area contributed by atoms with Crippen molar-refractivity contribution >= 4 is 11.3 Å². The van der Waals surface area contributed by atoms with Crippen LogP contribution in [0.4, 0.5) is 0 Å². The number of nitrogens with one attached hydrogen (secondary N) is 1. The lowest BCUT2D eigenvalue weighted by atomic mass is 10.0. The van der Waals surface area contributed by atoms with Gasteiger partial charge in [-0.05, 0) is 48.1 Å². The number of ether oxygens (including phenoxy) is 1. The van der Waals surface area contributed by atoms with Gasteiger partial charge in [-0.25, -0.2) is 0 Å². The molecule has 0 aromatic carbocycles. The maximum atomic E-state index is 5.40. The second kappa shape index (κ2) is 5.10. The Balaban J connectivity index is 1.80. The molecule has 1 aromatic rings. The maximum absolute atomic E-state index is 5.40. The van der Waals surface area contributed by atoms with Gasteiger partial charge in [-0.15, -0.1) is 0 Å². The first-order valence-electron chi connectivity index (χ1n) is 5.60. The van der Waals surface area contributed by atoms with Crippen LogP contribution in [0.3, 0.4) is 0 Å². The van der Waals surface area contributed by atoms with Gasteiger partial charge < -0.3 is 10.1 Å². The van der Waals surface area contributed by atoms with Crippen molar-refractivity contribution in [3.05, 3.63) is 21.9 Å². The summed E-state index contributed by atoms with van der Waals surface area (Å²) in [7, 11) is 0. The van der Waals surface area contributed by atoms with Gasteiger partial charge >= 0.3 is 0 Å². The molecule has 1 aromatic heterocycles. The van der Waals surface area contributed by atoms with Gasteiger partial charge in [0, 0.05) is 19.2 Å². The van der Waals surface area contributed by atoms with Crippen LogP contribution in [0, 0.1) is 12.8 Å². The Hall–Kier alpha value is -0.380. The summed E-state index contributed by atoms with van der Waals surface area (Å²) in [5, 5.41) is 8.04. The van der Waals surface area contributed by atoms with E-state index in [2.05, 4.69) is 29.9 Å². The van der Waals surface area contributed by atoms with E-state index in [4.69, 9.17) is 4.74 Å². The minimum atomic E-state index is 0.562. The topological polar surface area (TPSA) is 21.3 Å². The molecule has 2 nitrogen and oxygen atoms in total. The van der Waals surface area contributed by atoms with E-state index in [9.17, 15) is 0 Å². The van der Waals surface area contributed by atoms with Crippen LogP contribution in [-0.4, -0.2) is 19.3 Å². The van der Waals surface area contributed by atoms with Gasteiger partial charge in [-0.2, -0.15) is 11.3 Å². The molecular formula is C12H19NOS. The van der Waals surface area contributed by atoms with Crippen LogP contribution >= 0.6 is 11.3 Å². The van der Waals surface area contributed by atoms with Crippen LogP contribution in [-0.2, 0) is 11.3 Å². The first-order chi connectivity index (χ1) is 7.27. The molecule has 3 heteroatoms. The summed E-state index contributed by atoms with van der Waals surface area (Å²) in [5.41, 5.74) is 2.84. The zero-order valence-electron chi connectivity index (χ0n) is 9.45. The minimum absolute atomic E-state index is 0.562. The van der Waals surface area contributed by atoms with Crippen molar-refractivity contribution in [2.45, 2.75) is 32.9 Å². The smallest absolute Gasteiger partial charge is 0.0509 e. The highest BCUT2D eigenvalue weighted by Crippen LogP contribution is 2.18. The largest absolute Gasteiger partial charge is 0.381 e. The molecule has 1 aliphatic rings. The lowest BCUT2D eigenvalue weighted by Gasteiger charge is -2.19. The average molecular weight is 225 g/mol. The highest BCUT2D eigenvalue weighted by Gasteiger charge is 2.21. The molecule has 1 saturated heterocycles. The fourth-order valence-electron chi connectivity index (χ4n) is 1.95. The number of rotatable bonds is 4. The summed E-state index contributed by atoms with van der Waals surface area (Å²) >= 11 is 1.79. The lowest BCUT2D eigenvalue weighted by Crippen LogP contribution is -2.33. The maximum Gasteiger partial charge on any atom is 0.0509 e. The summed E-state index contributed by atoms with van der Waals surface area (Å²) in [4.78, 5) is 0. The van der Waals surface area contributed by atoms with Crippen LogP contribution in [0.15, 0.2) is 10.8 Å². The third-order valence-electron chi connectivity index (χ3n) is 3.25. The minimum Gasteiger partial charge on any atom is -0.381 e. The highest BCUT2D eigenvalue weighted by atomic mass is 32.1. The van der Waals surface area contributed by atoms with Crippen molar-refractivity contribution < 1.29 is 4.74 Å². The molecule has 2 heterocycles. The van der Waals surface area contributed by atoms with Gasteiger partial charge in [-0.1, -0.05) is 0 Å². The summed E-state index contributed by atoms with van der Waals surface area (Å²) in [6.45, 7) is 7.30. The van der Waals surface area contributed by atoms with Gasteiger partial charge in [0.2, 0.25) is 0 Å². The van der Waals surface area contributed by atoms with Gasteiger partial charge in [0.15, 0.2) is 0 Å². The predicted octanol–water partition coefficient (Wildman–Crippen LogP) is 2.57. The van der Waals surface area contributed by atoms with Crippen LogP contribution in [0.5, 0.6) is 0 Å². The van der Waals surface area contributed by atoms with E-state index in [1.54, 1.807) is 11.3 Å². The monoisotopic (exact) mass is 225 g/mol. The third-order valence-corrected chi connectivity index (χ3v) is 4.16. The molecule has 1 N–H and O–H groups in total. The van der Waals surface area contributed by atoms with Crippen molar-refractivity contribution in [3.8, 4) is 0 Å². The third kappa shape index (κ3) is 2.80. The number of thiophene rings is 1. The number of hydrogen-bond donors (Lipinski definition) is 1. The van der Waals surface area contributed by atoms with Crippen molar-refractivity contribution in [2.24, 2.45) is 5.92 Å². The molecule has 15 heavy (non-hydrogen) atoms. The fourth-order valence-corrected chi connectivity index (χ4v) is 2.81. The first kappa shape index (κ1) is 11.1. The van der Waals surface area contributed by atoms with Crippen LogP contribution in [0.25, 0.3) is 0 Å². The van der Waals surface area contributed by atoms with Gasteiger partial charge in [0.25, 0.3) is 0 Å². The van der Waals surface area contributed by atoms with E-state index in [0.717, 1.165) is 19.8 Å². The summed E-state index contributed by atoms with van der Waals surface area (Å²) < 4.78 is 5.40. The number of aryl methyl sites for hydroxylation is 1. The second-order valence-electron chi connectivity index (χ2n) is 4.37. The normalized spacial score (nSPS) is 23.2. The van der Waals surface area contributed by atoms with E-state index in [1.165, 1.54) is 17.5 Å². The van der Waals surface area contributed by atoms with Crippen molar-refractivity contribution in [3.63, 3.8) is 0 Å². The quantitative estimate of drug-likeness (QED) is 0.850. The molecule has 0 aliphatic carbocycles. The molecule has 1 fully saturated rings. The molecule has 0 bridgehead atoms. The Labute approximate surface area is 95.6 Å². The molecule has 1 aliphatic heterocycles. The molecule has 0 spiro atoms. The molecule has 0 amide bonds. The van der Waals surface area contributed by atoms with E-state index in [1.807, 2.05) is 0 Å². The molecule has 84 valence electrons. The lowest BCUT2D eigenvalue weighted by molar-refractivity contribution is 0.178. The van der Waals surface area contributed by atoms with Crippen LogP contribution < -0.4 is 5.32 Å². The average Bonchev–Trinajstić information content (AvgIpc) is 2.85. The molecule has 2 atom stereocenters. The fraction of sp³-hybridized carbons (Fsp3) is 0.667. The zero-order valence-corrected chi connectivity index (χ0v) is 10.3. The van der Waals surface area contributed by atoms with Crippen molar-refractivity contribution in [2.75, 3.05) is 13.2 Å². The molecule has 2 unspecified atom stereocenters. The van der Waals surface area contributed by atoms with Gasteiger partial charge in [-0.3, -0.25) is 0 Å². The van der Waals surface area contributed by atoms with E-state index in [-0.39, 0.29) is 0 Å². The van der Waals surface area contributed by atoms with E-state index < -0.39 is 0 Å². The van der Waals surface area contributed by atoms with Crippen molar-refractivity contribution in [1.29, 1.82) is 0 Å². The molecule has 0 radical (unpaired) electrons. The molecular weight excluding hydrogens is 206 g/mol.